The Morgan fingerprint density at radius 3 is 2.87 bits per heavy atom. The Bertz CT molecular complexity index is 413. The van der Waals surface area contributed by atoms with Crippen molar-refractivity contribution >= 4 is 27.3 Å². The second kappa shape index (κ2) is 5.19. The molecule has 3 N–H and O–H groups in total. The molecule has 15 heavy (non-hydrogen) atoms. The minimum absolute atomic E-state index is 0.135. The van der Waals surface area contributed by atoms with E-state index in [4.69, 9.17) is 5.14 Å². The molecule has 1 aromatic heterocycles. The smallest absolute Gasteiger partial charge is 0.270 e. The van der Waals surface area contributed by atoms with E-state index in [0.29, 0.717) is 12.1 Å². The van der Waals surface area contributed by atoms with Crippen LogP contribution in [0, 0.1) is 0 Å². The Morgan fingerprint density at radius 1 is 1.60 bits per heavy atom. The van der Waals surface area contributed by atoms with Gasteiger partial charge in [-0.1, -0.05) is 0 Å². The molecule has 0 unspecified atom stereocenters. The van der Waals surface area contributed by atoms with Crippen LogP contribution in [-0.4, -0.2) is 31.6 Å². The summed E-state index contributed by atoms with van der Waals surface area (Å²) >= 11 is 1.32. The minimum atomic E-state index is -3.44. The molecule has 1 aromatic rings. The van der Waals surface area contributed by atoms with E-state index in [2.05, 4.69) is 10.3 Å². The molecular formula is C7H11N3O3S2. The zero-order valence-electron chi connectivity index (χ0n) is 7.84. The minimum Gasteiger partial charge on any atom is -0.351 e. The highest BCUT2D eigenvalue weighted by molar-refractivity contribution is 7.89. The van der Waals surface area contributed by atoms with Gasteiger partial charge in [-0.3, -0.25) is 4.79 Å². The molecule has 0 saturated carbocycles. The average Bonchev–Trinajstić information content (AvgIpc) is 2.63. The first-order valence-electron chi connectivity index (χ1n) is 4.16. The van der Waals surface area contributed by atoms with Crippen LogP contribution < -0.4 is 10.5 Å². The van der Waals surface area contributed by atoms with E-state index in [0.717, 1.165) is 0 Å². The zero-order chi connectivity index (χ0) is 11.3. The first kappa shape index (κ1) is 12.1. The zero-order valence-corrected chi connectivity index (χ0v) is 9.47. The lowest BCUT2D eigenvalue weighted by molar-refractivity contribution is 0.0949. The Kier molecular flexibility index (Phi) is 4.18. The first-order valence-corrected chi connectivity index (χ1v) is 6.82. The van der Waals surface area contributed by atoms with Gasteiger partial charge in [-0.15, -0.1) is 11.3 Å². The molecule has 6 nitrogen and oxygen atoms in total. The van der Waals surface area contributed by atoms with Gasteiger partial charge in [-0.25, -0.2) is 18.5 Å². The number of nitrogens with two attached hydrogens (primary N) is 1. The van der Waals surface area contributed by atoms with Gasteiger partial charge in [-0.2, -0.15) is 0 Å². The largest absolute Gasteiger partial charge is 0.351 e. The number of carbonyl (C=O) groups is 1. The highest BCUT2D eigenvalue weighted by Crippen LogP contribution is 1.99. The van der Waals surface area contributed by atoms with E-state index in [1.165, 1.54) is 11.3 Å². The summed E-state index contributed by atoms with van der Waals surface area (Å²) in [5.74, 6) is -0.435. The van der Waals surface area contributed by atoms with Crippen LogP contribution in [0.2, 0.25) is 0 Å². The van der Waals surface area contributed by atoms with Gasteiger partial charge < -0.3 is 5.32 Å². The predicted octanol–water partition coefficient (Wildman–Crippen LogP) is -0.448. The molecule has 0 atom stereocenters. The summed E-state index contributed by atoms with van der Waals surface area (Å²) in [6.07, 6.45) is 0.300. The maximum absolute atomic E-state index is 11.3. The highest BCUT2D eigenvalue weighted by Gasteiger charge is 2.07. The Hall–Kier alpha value is -0.990. The number of amides is 1. The van der Waals surface area contributed by atoms with E-state index >= 15 is 0 Å². The van der Waals surface area contributed by atoms with E-state index in [1.54, 1.807) is 10.9 Å². The molecule has 8 heteroatoms. The van der Waals surface area contributed by atoms with Gasteiger partial charge in [0.2, 0.25) is 10.0 Å². The van der Waals surface area contributed by atoms with Crippen molar-refractivity contribution in [2.45, 2.75) is 6.42 Å². The van der Waals surface area contributed by atoms with Crippen molar-refractivity contribution in [1.82, 2.24) is 10.3 Å². The molecule has 0 radical (unpaired) electrons. The SMILES string of the molecule is NS(=O)(=O)CCCNC(=O)c1cscn1. The Morgan fingerprint density at radius 2 is 2.33 bits per heavy atom. The maximum atomic E-state index is 11.3. The van der Waals surface area contributed by atoms with Crippen molar-refractivity contribution in [2.24, 2.45) is 5.14 Å². The predicted molar refractivity (Wildman–Crippen MR) is 57.0 cm³/mol. The molecule has 0 spiro atoms. The fourth-order valence-corrected chi connectivity index (χ4v) is 1.97. The lowest BCUT2D eigenvalue weighted by Gasteiger charge is -2.01. The van der Waals surface area contributed by atoms with Gasteiger partial charge >= 0.3 is 0 Å². The molecular weight excluding hydrogens is 238 g/mol. The van der Waals surface area contributed by atoms with Crippen LogP contribution in [0.1, 0.15) is 16.9 Å². The Balaban J connectivity index is 2.24. The summed E-state index contributed by atoms with van der Waals surface area (Å²) in [4.78, 5) is 15.1. The molecule has 1 heterocycles. The van der Waals surface area contributed by atoms with Gasteiger partial charge in [0.25, 0.3) is 5.91 Å². The third-order valence-corrected chi connectivity index (χ3v) is 3.00. The van der Waals surface area contributed by atoms with Crippen molar-refractivity contribution < 1.29 is 13.2 Å². The van der Waals surface area contributed by atoms with Gasteiger partial charge in [0.05, 0.1) is 11.3 Å². The standard InChI is InChI=1S/C7H11N3O3S2/c8-15(12,13)3-1-2-9-7(11)6-4-14-5-10-6/h4-5H,1-3H2,(H,9,11)(H2,8,12,13). The van der Waals surface area contributed by atoms with Crippen LogP contribution in [0.5, 0.6) is 0 Å². The molecule has 1 amide bonds. The van der Waals surface area contributed by atoms with Gasteiger partial charge in [-0.05, 0) is 6.42 Å². The van der Waals surface area contributed by atoms with Gasteiger partial charge in [0.15, 0.2) is 0 Å². The van der Waals surface area contributed by atoms with Gasteiger partial charge in [0, 0.05) is 11.9 Å². The third kappa shape index (κ3) is 4.86. The van der Waals surface area contributed by atoms with Crippen LogP contribution in [0.3, 0.4) is 0 Å². The van der Waals surface area contributed by atoms with Crippen molar-refractivity contribution in [1.29, 1.82) is 0 Å². The summed E-state index contributed by atoms with van der Waals surface area (Å²) in [5.41, 5.74) is 1.90. The molecule has 0 bridgehead atoms. The lowest BCUT2D eigenvalue weighted by Crippen LogP contribution is -2.27. The molecule has 84 valence electrons. The second-order valence-corrected chi connectivity index (χ2v) is 5.30. The molecule has 0 aromatic carbocycles. The highest BCUT2D eigenvalue weighted by atomic mass is 32.2. The topological polar surface area (TPSA) is 102 Å². The number of thiazole rings is 1. The molecule has 1 rings (SSSR count). The molecule has 0 aliphatic carbocycles. The normalized spacial score (nSPS) is 11.3. The monoisotopic (exact) mass is 249 g/mol. The summed E-state index contributed by atoms with van der Waals surface area (Å²) in [6, 6.07) is 0. The molecule has 0 fully saturated rings. The number of hydrogen-bond acceptors (Lipinski definition) is 5. The number of rotatable bonds is 5. The van der Waals surface area contributed by atoms with E-state index in [-0.39, 0.29) is 18.2 Å². The quantitative estimate of drug-likeness (QED) is 0.690. The molecule has 0 aliphatic heterocycles. The van der Waals surface area contributed by atoms with Crippen molar-refractivity contribution in [3.63, 3.8) is 0 Å². The second-order valence-electron chi connectivity index (χ2n) is 2.85. The number of aromatic nitrogens is 1. The number of carbonyl (C=O) groups excluding carboxylic acids is 1. The lowest BCUT2D eigenvalue weighted by atomic mass is 10.4. The summed E-state index contributed by atoms with van der Waals surface area (Å²) in [6.45, 7) is 0.271. The summed E-state index contributed by atoms with van der Waals surface area (Å²) < 4.78 is 21.1. The number of hydrogen-bond donors (Lipinski definition) is 2. The van der Waals surface area contributed by atoms with Crippen LogP contribution in [0.15, 0.2) is 10.9 Å². The van der Waals surface area contributed by atoms with E-state index in [9.17, 15) is 13.2 Å². The third-order valence-electron chi connectivity index (χ3n) is 1.56. The number of nitrogens with one attached hydrogen (secondary N) is 1. The number of nitrogens with zero attached hydrogens (tertiary/aromatic N) is 1. The van der Waals surface area contributed by atoms with E-state index in [1.807, 2.05) is 0 Å². The first-order chi connectivity index (χ1) is 6.99. The van der Waals surface area contributed by atoms with Crippen LogP contribution >= 0.6 is 11.3 Å². The maximum Gasteiger partial charge on any atom is 0.270 e. The van der Waals surface area contributed by atoms with Crippen molar-refractivity contribution in [3.05, 3.63) is 16.6 Å². The fourth-order valence-electron chi connectivity index (χ4n) is 0.890. The number of primary sulfonamides is 1. The average molecular weight is 249 g/mol. The molecule has 0 saturated heterocycles. The van der Waals surface area contributed by atoms with Crippen molar-refractivity contribution in [2.75, 3.05) is 12.3 Å². The fraction of sp³-hybridized carbons (Fsp3) is 0.429. The van der Waals surface area contributed by atoms with Gasteiger partial charge in [0.1, 0.15) is 5.69 Å². The Labute approximate surface area is 91.6 Å². The summed E-state index contributed by atoms with van der Waals surface area (Å²) in [7, 11) is -3.44. The van der Waals surface area contributed by atoms with Crippen molar-refractivity contribution in [3.8, 4) is 0 Å². The van der Waals surface area contributed by atoms with E-state index < -0.39 is 10.0 Å². The van der Waals surface area contributed by atoms with Crippen LogP contribution in [0.4, 0.5) is 0 Å². The van der Waals surface area contributed by atoms with Crippen LogP contribution in [-0.2, 0) is 10.0 Å². The molecule has 0 aliphatic rings. The number of sulfonamides is 1. The summed E-state index contributed by atoms with van der Waals surface area (Å²) in [5, 5.41) is 8.96. The van der Waals surface area contributed by atoms with Crippen LogP contribution in [0.25, 0.3) is 0 Å².